The molecule has 0 N–H and O–H groups in total. The average molecular weight is 643 g/mol. The fourth-order valence-electron chi connectivity index (χ4n) is 7.55. The van der Waals surface area contributed by atoms with Crippen molar-refractivity contribution in [1.82, 2.24) is 4.98 Å². The molecule has 0 aliphatic heterocycles. The summed E-state index contributed by atoms with van der Waals surface area (Å²) in [4.78, 5) is 7.20. The van der Waals surface area contributed by atoms with Gasteiger partial charge in [-0.05, 0) is 70.8 Å². The normalized spacial score (nSPS) is 12.0. The molecule has 3 heterocycles. The molecule has 234 valence electrons. The molecule has 0 amide bonds. The maximum atomic E-state index is 6.61. The molecule has 5 nitrogen and oxygen atoms in total. The smallest absolute Gasteiger partial charge is 0.228 e. The van der Waals surface area contributed by atoms with E-state index in [2.05, 4.69) is 120 Å². The molecule has 0 aliphatic carbocycles. The van der Waals surface area contributed by atoms with Gasteiger partial charge in [-0.15, -0.1) is 0 Å². The van der Waals surface area contributed by atoms with Gasteiger partial charge in [-0.25, -0.2) is 4.98 Å². The molecule has 0 fully saturated rings. The van der Waals surface area contributed by atoms with E-state index in [0.29, 0.717) is 5.89 Å². The predicted molar refractivity (Wildman–Crippen MR) is 204 cm³/mol. The number of anilines is 3. The van der Waals surface area contributed by atoms with Gasteiger partial charge in [0.2, 0.25) is 5.89 Å². The van der Waals surface area contributed by atoms with Crippen LogP contribution in [0.25, 0.3) is 88.0 Å². The second-order valence-corrected chi connectivity index (χ2v) is 12.7. The van der Waals surface area contributed by atoms with Crippen molar-refractivity contribution < 1.29 is 13.3 Å². The van der Waals surface area contributed by atoms with Gasteiger partial charge in [0.25, 0.3) is 0 Å². The Hall–Kier alpha value is -6.85. The van der Waals surface area contributed by atoms with Gasteiger partial charge in [0.15, 0.2) is 11.2 Å². The number of para-hydroxylation sites is 2. The van der Waals surface area contributed by atoms with E-state index in [-0.39, 0.29) is 0 Å². The highest BCUT2D eigenvalue weighted by Gasteiger charge is 2.22. The van der Waals surface area contributed by atoms with Crippen molar-refractivity contribution in [1.29, 1.82) is 0 Å². The van der Waals surface area contributed by atoms with Gasteiger partial charge >= 0.3 is 0 Å². The third kappa shape index (κ3) is 3.98. The number of aromatic nitrogens is 1. The minimum atomic E-state index is 0.572. The molecule has 11 rings (SSSR count). The van der Waals surface area contributed by atoms with Gasteiger partial charge in [-0.1, -0.05) is 97.1 Å². The highest BCUT2D eigenvalue weighted by Crippen LogP contribution is 2.45. The predicted octanol–water partition coefficient (Wildman–Crippen LogP) is 13.1. The van der Waals surface area contributed by atoms with Crippen LogP contribution in [-0.2, 0) is 0 Å². The molecule has 0 radical (unpaired) electrons. The van der Waals surface area contributed by atoms with Crippen LogP contribution in [0.2, 0.25) is 0 Å². The summed E-state index contributed by atoms with van der Waals surface area (Å²) in [6.45, 7) is 0. The maximum absolute atomic E-state index is 6.61. The Morgan fingerprint density at radius 1 is 0.420 bits per heavy atom. The van der Waals surface area contributed by atoms with E-state index in [4.69, 9.17) is 18.2 Å². The topological polar surface area (TPSA) is 55.6 Å². The van der Waals surface area contributed by atoms with Crippen LogP contribution in [0.5, 0.6) is 0 Å². The van der Waals surface area contributed by atoms with Crippen molar-refractivity contribution >= 4 is 93.6 Å². The summed E-state index contributed by atoms with van der Waals surface area (Å²) >= 11 is 0. The lowest BCUT2D eigenvalue weighted by molar-refractivity contribution is 0.623. The summed E-state index contributed by atoms with van der Waals surface area (Å²) in [5, 5.41) is 8.65. The fourth-order valence-corrected chi connectivity index (χ4v) is 7.55. The molecule has 50 heavy (non-hydrogen) atoms. The van der Waals surface area contributed by atoms with E-state index < -0.39 is 0 Å². The van der Waals surface area contributed by atoms with E-state index in [0.717, 1.165) is 93.8 Å². The van der Waals surface area contributed by atoms with Crippen LogP contribution in [-0.4, -0.2) is 4.98 Å². The van der Waals surface area contributed by atoms with E-state index in [1.54, 1.807) is 0 Å². The summed E-state index contributed by atoms with van der Waals surface area (Å²) in [5.41, 5.74) is 8.68. The van der Waals surface area contributed by atoms with Gasteiger partial charge in [-0.2, -0.15) is 0 Å². The van der Waals surface area contributed by atoms with Crippen LogP contribution in [0.4, 0.5) is 17.1 Å². The third-order valence-corrected chi connectivity index (χ3v) is 9.86. The first-order valence-corrected chi connectivity index (χ1v) is 16.7. The number of hydrogen-bond donors (Lipinski definition) is 0. The fraction of sp³-hybridized carbons (Fsp3) is 0. The number of fused-ring (bicyclic) bond motifs is 10. The first kappa shape index (κ1) is 27.1. The highest BCUT2D eigenvalue weighted by molar-refractivity contribution is 6.14. The van der Waals surface area contributed by atoms with Gasteiger partial charge < -0.3 is 18.2 Å². The van der Waals surface area contributed by atoms with Crippen LogP contribution < -0.4 is 4.90 Å². The Kier molecular flexibility index (Phi) is 5.60. The molecule has 0 saturated heterocycles. The van der Waals surface area contributed by atoms with Crippen molar-refractivity contribution in [3.63, 3.8) is 0 Å². The molecule has 11 aromatic rings. The molecule has 8 aromatic carbocycles. The zero-order valence-electron chi connectivity index (χ0n) is 26.6. The Balaban J connectivity index is 1.13. The summed E-state index contributed by atoms with van der Waals surface area (Å²) in [5.74, 6) is 0.572. The number of nitrogens with zero attached hydrogens (tertiary/aromatic N) is 2. The monoisotopic (exact) mass is 642 g/mol. The molecule has 0 unspecified atom stereocenters. The standard InChI is InChI=1S/C45H26N2O3/c1-2-11-29-25-30(21-19-27(29)9-1)47(38-16-7-14-34-33-13-5-6-17-39(33)49-44(34)38)31-22-23-35-41(26-31)48-40-18-8-15-36(42(35)40)45-46-37-24-20-28-10-3-4-12-32(28)43(37)50-45/h1-26H. The second-order valence-electron chi connectivity index (χ2n) is 12.7. The van der Waals surface area contributed by atoms with Gasteiger partial charge in [0.1, 0.15) is 22.3 Å². The molecular weight excluding hydrogens is 617 g/mol. The molecule has 0 bridgehead atoms. The van der Waals surface area contributed by atoms with Crippen molar-refractivity contribution in [2.75, 3.05) is 4.90 Å². The van der Waals surface area contributed by atoms with Crippen LogP contribution >= 0.6 is 0 Å². The maximum Gasteiger partial charge on any atom is 0.228 e. The summed E-state index contributed by atoms with van der Waals surface area (Å²) in [7, 11) is 0. The molecule has 0 saturated carbocycles. The first-order valence-electron chi connectivity index (χ1n) is 16.7. The largest absolute Gasteiger partial charge is 0.456 e. The Morgan fingerprint density at radius 3 is 2.08 bits per heavy atom. The summed E-state index contributed by atoms with van der Waals surface area (Å²) < 4.78 is 19.7. The van der Waals surface area contributed by atoms with Crippen LogP contribution in [0.1, 0.15) is 0 Å². The van der Waals surface area contributed by atoms with Crippen molar-refractivity contribution in [3.8, 4) is 11.5 Å². The minimum absolute atomic E-state index is 0.572. The molecule has 0 aliphatic rings. The lowest BCUT2D eigenvalue weighted by Gasteiger charge is -2.26. The zero-order valence-corrected chi connectivity index (χ0v) is 26.6. The Morgan fingerprint density at radius 2 is 1.14 bits per heavy atom. The molecule has 0 atom stereocenters. The van der Waals surface area contributed by atoms with Crippen LogP contribution in [0, 0.1) is 0 Å². The van der Waals surface area contributed by atoms with E-state index >= 15 is 0 Å². The number of oxazole rings is 1. The minimum Gasteiger partial charge on any atom is -0.456 e. The SMILES string of the molecule is c1ccc2cc(N(c3ccc4c(c3)oc3cccc(-c5nc6ccc7ccccc7c6o5)c34)c3cccc4c3oc3ccccc34)ccc2c1. The van der Waals surface area contributed by atoms with Crippen molar-refractivity contribution in [2.24, 2.45) is 0 Å². The Labute approximate surface area is 285 Å². The number of hydrogen-bond acceptors (Lipinski definition) is 5. The number of benzene rings is 8. The highest BCUT2D eigenvalue weighted by atomic mass is 16.4. The lowest BCUT2D eigenvalue weighted by atomic mass is 10.0. The molecule has 0 spiro atoms. The van der Waals surface area contributed by atoms with Crippen LogP contribution in [0.3, 0.4) is 0 Å². The first-order chi connectivity index (χ1) is 24.8. The van der Waals surface area contributed by atoms with E-state index in [1.807, 2.05) is 42.5 Å². The van der Waals surface area contributed by atoms with E-state index in [1.165, 1.54) is 5.39 Å². The third-order valence-electron chi connectivity index (χ3n) is 9.86. The van der Waals surface area contributed by atoms with Crippen molar-refractivity contribution in [2.45, 2.75) is 0 Å². The number of rotatable bonds is 4. The summed E-state index contributed by atoms with van der Waals surface area (Å²) in [6.07, 6.45) is 0. The molecule has 3 aromatic heterocycles. The van der Waals surface area contributed by atoms with Gasteiger partial charge in [-0.3, -0.25) is 0 Å². The quantitative estimate of drug-likeness (QED) is 0.191. The van der Waals surface area contributed by atoms with Crippen molar-refractivity contribution in [3.05, 3.63) is 158 Å². The second kappa shape index (κ2) is 10.3. The van der Waals surface area contributed by atoms with E-state index in [9.17, 15) is 0 Å². The molecular formula is C45H26N2O3. The average Bonchev–Trinajstić information content (AvgIpc) is 3.89. The van der Waals surface area contributed by atoms with Crippen LogP contribution in [0.15, 0.2) is 171 Å². The lowest BCUT2D eigenvalue weighted by Crippen LogP contribution is -2.10. The Bertz CT molecular complexity index is 3130. The summed E-state index contributed by atoms with van der Waals surface area (Å²) in [6, 6.07) is 54.4. The van der Waals surface area contributed by atoms with Gasteiger partial charge in [0.05, 0.1) is 11.4 Å². The molecule has 5 heteroatoms. The van der Waals surface area contributed by atoms with Gasteiger partial charge in [0, 0.05) is 44.2 Å². The zero-order chi connectivity index (χ0) is 32.8. The number of furan rings is 2.